The number of anilines is 1. The lowest BCUT2D eigenvalue weighted by atomic mass is 9.90. The molecule has 0 aliphatic carbocycles. The van der Waals surface area contributed by atoms with Crippen LogP contribution in [0.2, 0.25) is 0 Å². The van der Waals surface area contributed by atoms with Crippen LogP contribution in [0.5, 0.6) is 0 Å². The van der Waals surface area contributed by atoms with Gasteiger partial charge in [-0.05, 0) is 31.9 Å². The molecule has 1 aromatic heterocycles. The molecule has 0 radical (unpaired) electrons. The van der Waals surface area contributed by atoms with Gasteiger partial charge in [0.05, 0.1) is 23.5 Å². The van der Waals surface area contributed by atoms with Gasteiger partial charge in [-0.15, -0.1) is 0 Å². The first-order valence-corrected chi connectivity index (χ1v) is 9.82. The van der Waals surface area contributed by atoms with Crippen LogP contribution in [0.3, 0.4) is 0 Å². The zero-order chi connectivity index (χ0) is 19.6. The summed E-state index contributed by atoms with van der Waals surface area (Å²) in [6.45, 7) is 10.2. The Labute approximate surface area is 160 Å². The molecule has 6 nitrogen and oxygen atoms in total. The van der Waals surface area contributed by atoms with Crippen molar-refractivity contribution in [1.82, 2.24) is 14.9 Å². The highest BCUT2D eigenvalue weighted by molar-refractivity contribution is 5.90. The molecule has 1 amide bonds. The molecule has 0 saturated carbocycles. The van der Waals surface area contributed by atoms with Crippen molar-refractivity contribution in [1.29, 1.82) is 0 Å². The molecule has 0 bridgehead atoms. The largest absolute Gasteiger partial charge is 0.349 e. The van der Waals surface area contributed by atoms with E-state index >= 15 is 0 Å². The van der Waals surface area contributed by atoms with Crippen LogP contribution in [-0.4, -0.2) is 40.9 Å². The van der Waals surface area contributed by atoms with Crippen LogP contribution in [0.1, 0.15) is 40.5 Å². The predicted octanol–water partition coefficient (Wildman–Crippen LogP) is 3.00. The number of piperidine rings is 1. The van der Waals surface area contributed by atoms with Crippen LogP contribution >= 0.6 is 0 Å². The van der Waals surface area contributed by atoms with E-state index < -0.39 is 5.41 Å². The molecule has 2 heterocycles. The highest BCUT2D eigenvalue weighted by Gasteiger charge is 2.29. The van der Waals surface area contributed by atoms with E-state index in [1.54, 1.807) is 0 Å². The van der Waals surface area contributed by atoms with E-state index in [0.29, 0.717) is 6.54 Å². The van der Waals surface area contributed by atoms with Crippen molar-refractivity contribution in [2.24, 2.45) is 11.3 Å². The van der Waals surface area contributed by atoms with E-state index in [2.05, 4.69) is 27.8 Å². The van der Waals surface area contributed by atoms with E-state index in [0.717, 1.165) is 42.9 Å². The van der Waals surface area contributed by atoms with Crippen molar-refractivity contribution in [3.63, 3.8) is 0 Å². The molecular formula is C21H30N4O2. The Morgan fingerprint density at radius 1 is 1.26 bits per heavy atom. The van der Waals surface area contributed by atoms with Gasteiger partial charge in [-0.3, -0.25) is 9.59 Å². The second-order valence-electron chi connectivity index (χ2n) is 8.32. The zero-order valence-corrected chi connectivity index (χ0v) is 16.8. The number of amides is 1. The minimum atomic E-state index is -0.433. The second kappa shape index (κ2) is 7.71. The molecule has 1 aromatic carbocycles. The molecule has 1 aliphatic heterocycles. The Kier molecular flexibility index (Phi) is 5.53. The second-order valence-corrected chi connectivity index (χ2v) is 8.32. The highest BCUT2D eigenvalue weighted by Crippen LogP contribution is 2.27. The van der Waals surface area contributed by atoms with E-state index in [1.807, 2.05) is 39.0 Å². The Balaban J connectivity index is 1.71. The average Bonchev–Trinajstić information content (AvgIpc) is 3.03. The third-order valence-electron chi connectivity index (χ3n) is 5.29. The summed E-state index contributed by atoms with van der Waals surface area (Å²) >= 11 is 0. The number of para-hydroxylation sites is 2. The number of hydrogen-bond acceptors (Lipinski definition) is 4. The molecular weight excluding hydrogens is 340 g/mol. The molecule has 146 valence electrons. The summed E-state index contributed by atoms with van der Waals surface area (Å²) in [5, 5.41) is 2.84. The maximum absolute atomic E-state index is 12.6. The summed E-state index contributed by atoms with van der Waals surface area (Å²) in [5.41, 5.74) is 1.67. The fourth-order valence-corrected chi connectivity index (χ4v) is 3.57. The number of aromatic nitrogens is 2. The average molecular weight is 370 g/mol. The zero-order valence-electron chi connectivity index (χ0n) is 16.8. The number of nitrogens with one attached hydrogen (secondary N) is 1. The molecule has 1 fully saturated rings. The third-order valence-corrected chi connectivity index (χ3v) is 5.29. The van der Waals surface area contributed by atoms with Gasteiger partial charge in [0.25, 0.3) is 0 Å². The van der Waals surface area contributed by atoms with Gasteiger partial charge in [0.1, 0.15) is 0 Å². The smallest absolute Gasteiger partial charge is 0.225 e. The molecule has 1 atom stereocenters. The quantitative estimate of drug-likeness (QED) is 0.879. The van der Waals surface area contributed by atoms with Crippen molar-refractivity contribution in [2.45, 2.75) is 47.1 Å². The van der Waals surface area contributed by atoms with Gasteiger partial charge in [0.15, 0.2) is 5.78 Å². The molecule has 1 saturated heterocycles. The first-order valence-electron chi connectivity index (χ1n) is 9.82. The number of imidazole rings is 1. The molecule has 27 heavy (non-hydrogen) atoms. The van der Waals surface area contributed by atoms with Gasteiger partial charge in [0, 0.05) is 25.0 Å². The summed E-state index contributed by atoms with van der Waals surface area (Å²) in [6.07, 6.45) is 1.79. The maximum atomic E-state index is 12.6. The van der Waals surface area contributed by atoms with Gasteiger partial charge in [-0.1, -0.05) is 32.9 Å². The van der Waals surface area contributed by atoms with Crippen molar-refractivity contribution < 1.29 is 9.59 Å². The normalized spacial score (nSPS) is 17.9. The van der Waals surface area contributed by atoms with Crippen molar-refractivity contribution >= 4 is 28.7 Å². The molecule has 2 aromatic rings. The van der Waals surface area contributed by atoms with Crippen molar-refractivity contribution in [2.75, 3.05) is 24.5 Å². The van der Waals surface area contributed by atoms with E-state index in [9.17, 15) is 9.59 Å². The summed E-state index contributed by atoms with van der Waals surface area (Å²) in [6, 6.07) is 8.13. The number of nitrogens with zero attached hydrogens (tertiary/aromatic N) is 3. The molecule has 6 heteroatoms. The fourth-order valence-electron chi connectivity index (χ4n) is 3.57. The van der Waals surface area contributed by atoms with Crippen LogP contribution in [-0.2, 0) is 16.1 Å². The maximum Gasteiger partial charge on any atom is 0.225 e. The number of carbonyl (C=O) groups is 2. The summed E-state index contributed by atoms with van der Waals surface area (Å²) < 4.78 is 2.21. The van der Waals surface area contributed by atoms with Gasteiger partial charge >= 0.3 is 0 Å². The topological polar surface area (TPSA) is 67.2 Å². The van der Waals surface area contributed by atoms with Crippen LogP contribution in [0, 0.1) is 11.3 Å². The van der Waals surface area contributed by atoms with Gasteiger partial charge in [0.2, 0.25) is 11.9 Å². The third kappa shape index (κ3) is 4.15. The highest BCUT2D eigenvalue weighted by atomic mass is 16.2. The molecule has 0 spiro atoms. The number of benzene rings is 1. The molecule has 1 aliphatic rings. The Bertz CT molecular complexity index is 834. The Hall–Kier alpha value is -2.37. The number of carbonyl (C=O) groups excluding carboxylic acids is 2. The van der Waals surface area contributed by atoms with Crippen molar-refractivity contribution in [3.05, 3.63) is 24.3 Å². The van der Waals surface area contributed by atoms with Crippen LogP contribution < -0.4 is 10.2 Å². The van der Waals surface area contributed by atoms with Crippen LogP contribution in [0.4, 0.5) is 5.95 Å². The van der Waals surface area contributed by atoms with E-state index in [4.69, 9.17) is 4.98 Å². The number of ketones is 1. The number of aryl methyl sites for hydroxylation is 1. The SMILES string of the molecule is CCn1c(N2CCC[C@@H](C(=O)NCC(=O)C(C)(C)C)C2)nc2ccccc21. The minimum absolute atomic E-state index is 0.0311. The summed E-state index contributed by atoms with van der Waals surface area (Å²) in [7, 11) is 0. The number of rotatable bonds is 5. The Morgan fingerprint density at radius 2 is 2.00 bits per heavy atom. The molecule has 1 N–H and O–H groups in total. The van der Waals surface area contributed by atoms with Gasteiger partial charge < -0.3 is 14.8 Å². The fraction of sp³-hybridized carbons (Fsp3) is 0.571. The first-order chi connectivity index (χ1) is 12.8. The standard InChI is InChI=1S/C21H30N4O2/c1-5-25-17-11-7-6-10-16(17)23-20(25)24-12-8-9-15(14-24)19(27)22-13-18(26)21(2,3)4/h6-7,10-11,15H,5,8-9,12-14H2,1-4H3,(H,22,27)/t15-/m1/s1. The lowest BCUT2D eigenvalue weighted by Crippen LogP contribution is -2.46. The number of hydrogen-bond donors (Lipinski definition) is 1. The lowest BCUT2D eigenvalue weighted by molar-refractivity contribution is -0.130. The van der Waals surface area contributed by atoms with Gasteiger partial charge in [-0.2, -0.15) is 0 Å². The predicted molar refractivity (Wildman–Crippen MR) is 108 cm³/mol. The molecule has 3 rings (SSSR count). The van der Waals surface area contributed by atoms with Gasteiger partial charge in [-0.25, -0.2) is 4.98 Å². The molecule has 0 unspecified atom stereocenters. The first kappa shape index (κ1) is 19.4. The monoisotopic (exact) mass is 370 g/mol. The van der Waals surface area contributed by atoms with E-state index in [-0.39, 0.29) is 24.2 Å². The van der Waals surface area contributed by atoms with Crippen LogP contribution in [0.15, 0.2) is 24.3 Å². The minimum Gasteiger partial charge on any atom is -0.349 e. The number of Topliss-reactive ketones (excluding diaryl/α,β-unsaturated/α-hetero) is 1. The van der Waals surface area contributed by atoms with E-state index in [1.165, 1.54) is 0 Å². The Morgan fingerprint density at radius 3 is 2.70 bits per heavy atom. The number of fused-ring (bicyclic) bond motifs is 1. The summed E-state index contributed by atoms with van der Waals surface area (Å²) in [5.74, 6) is 0.839. The summed E-state index contributed by atoms with van der Waals surface area (Å²) in [4.78, 5) is 31.7. The lowest BCUT2D eigenvalue weighted by Gasteiger charge is -2.33. The van der Waals surface area contributed by atoms with Crippen LogP contribution in [0.25, 0.3) is 11.0 Å². The van der Waals surface area contributed by atoms with Crippen molar-refractivity contribution in [3.8, 4) is 0 Å².